The predicted molar refractivity (Wildman–Crippen MR) is 95.7 cm³/mol. The monoisotopic (exact) mass is 367 g/mol. The first-order valence-corrected chi connectivity index (χ1v) is 9.15. The van der Waals surface area contributed by atoms with Gasteiger partial charge in [-0.15, -0.1) is 0 Å². The number of nitrogens with zero attached hydrogens (tertiary/aromatic N) is 5. The first-order chi connectivity index (χ1) is 13.2. The number of amides is 1. The van der Waals surface area contributed by atoms with Crippen molar-refractivity contribution in [1.29, 1.82) is 0 Å². The van der Waals surface area contributed by atoms with E-state index in [4.69, 9.17) is 9.05 Å². The van der Waals surface area contributed by atoms with Crippen molar-refractivity contribution in [3.05, 3.63) is 47.7 Å². The van der Waals surface area contributed by atoms with Crippen LogP contribution in [0.15, 0.2) is 39.5 Å². The van der Waals surface area contributed by atoms with Gasteiger partial charge >= 0.3 is 0 Å². The molecule has 1 unspecified atom stereocenters. The normalized spacial score (nSPS) is 17.2. The van der Waals surface area contributed by atoms with Crippen LogP contribution in [0, 0.1) is 12.8 Å². The number of hydrogen-bond acceptors (Lipinski definition) is 7. The summed E-state index contributed by atoms with van der Waals surface area (Å²) in [5, 5.41) is 7.89. The molecule has 4 heterocycles. The highest BCUT2D eigenvalue weighted by molar-refractivity contribution is 5.92. The first-order valence-electron chi connectivity index (χ1n) is 9.15. The van der Waals surface area contributed by atoms with Crippen LogP contribution < -0.4 is 0 Å². The van der Waals surface area contributed by atoms with Crippen LogP contribution in [0.2, 0.25) is 0 Å². The summed E-state index contributed by atoms with van der Waals surface area (Å²) in [6, 6.07) is 7.26. The number of carbonyl (C=O) groups is 1. The van der Waals surface area contributed by atoms with Gasteiger partial charge in [-0.05, 0) is 44.2 Å². The van der Waals surface area contributed by atoms with Crippen molar-refractivity contribution in [2.45, 2.75) is 32.6 Å². The molecule has 4 rings (SSSR count). The first kappa shape index (κ1) is 17.4. The van der Waals surface area contributed by atoms with Gasteiger partial charge in [0.15, 0.2) is 11.5 Å². The van der Waals surface area contributed by atoms with Crippen LogP contribution in [0.4, 0.5) is 0 Å². The molecule has 0 spiro atoms. The molecule has 3 aromatic heterocycles. The van der Waals surface area contributed by atoms with Gasteiger partial charge in [-0.2, -0.15) is 4.98 Å². The summed E-state index contributed by atoms with van der Waals surface area (Å²) >= 11 is 0. The third kappa shape index (κ3) is 4.05. The number of carbonyl (C=O) groups excluding carboxylic acids is 1. The molecule has 1 aliphatic heterocycles. The van der Waals surface area contributed by atoms with Crippen molar-refractivity contribution in [3.8, 4) is 11.6 Å². The molecule has 140 valence electrons. The largest absolute Gasteiger partial charge is 0.361 e. The Hall–Kier alpha value is -3.03. The molecule has 27 heavy (non-hydrogen) atoms. The molecule has 0 aromatic carbocycles. The van der Waals surface area contributed by atoms with E-state index in [1.165, 1.54) is 0 Å². The lowest BCUT2D eigenvalue weighted by Crippen LogP contribution is -2.40. The van der Waals surface area contributed by atoms with Gasteiger partial charge in [-0.1, -0.05) is 16.4 Å². The Labute approximate surface area is 156 Å². The summed E-state index contributed by atoms with van der Waals surface area (Å²) in [5.74, 6) is 2.10. The second kappa shape index (κ2) is 7.69. The van der Waals surface area contributed by atoms with Crippen molar-refractivity contribution in [2.75, 3.05) is 13.1 Å². The highest BCUT2D eigenvalue weighted by atomic mass is 16.5. The van der Waals surface area contributed by atoms with E-state index in [2.05, 4.69) is 20.3 Å². The maximum Gasteiger partial charge on any atom is 0.276 e. The zero-order valence-electron chi connectivity index (χ0n) is 15.2. The van der Waals surface area contributed by atoms with E-state index in [9.17, 15) is 4.79 Å². The second-order valence-corrected chi connectivity index (χ2v) is 6.85. The number of hydrogen-bond donors (Lipinski definition) is 0. The maximum atomic E-state index is 12.5. The van der Waals surface area contributed by atoms with E-state index < -0.39 is 0 Å². The minimum atomic E-state index is -0.0615. The van der Waals surface area contributed by atoms with Crippen LogP contribution in [0.25, 0.3) is 11.6 Å². The summed E-state index contributed by atoms with van der Waals surface area (Å²) in [7, 11) is 0. The van der Waals surface area contributed by atoms with Crippen molar-refractivity contribution < 1.29 is 13.8 Å². The molecule has 0 saturated carbocycles. The van der Waals surface area contributed by atoms with Gasteiger partial charge in [-0.3, -0.25) is 9.78 Å². The standard InChI is InChI=1S/C19H21N5O3/c1-13-11-16(22-26-13)19(25)24-10-4-5-14(12-24)7-8-17-21-18(27-23-17)15-6-2-3-9-20-15/h2-3,6,9,11,14H,4-5,7-8,10,12H2,1H3. The number of pyridine rings is 1. The van der Waals surface area contributed by atoms with Crippen molar-refractivity contribution in [3.63, 3.8) is 0 Å². The quantitative estimate of drug-likeness (QED) is 0.684. The molecule has 1 atom stereocenters. The minimum absolute atomic E-state index is 0.0615. The molecule has 1 fully saturated rings. The lowest BCUT2D eigenvalue weighted by molar-refractivity contribution is 0.0657. The molecule has 8 nitrogen and oxygen atoms in total. The Balaban J connectivity index is 1.33. The SMILES string of the molecule is Cc1cc(C(=O)N2CCCC(CCc3noc(-c4ccccn4)n3)C2)no1. The fourth-order valence-electron chi connectivity index (χ4n) is 3.40. The number of aromatic nitrogens is 4. The number of rotatable bonds is 5. The smallest absolute Gasteiger partial charge is 0.276 e. The summed E-state index contributed by atoms with van der Waals surface area (Å²) in [5.41, 5.74) is 1.06. The van der Waals surface area contributed by atoms with Gasteiger partial charge in [-0.25, -0.2) is 0 Å². The fourth-order valence-corrected chi connectivity index (χ4v) is 3.40. The third-order valence-electron chi connectivity index (χ3n) is 4.78. The summed E-state index contributed by atoms with van der Waals surface area (Å²) < 4.78 is 10.3. The molecule has 0 aliphatic carbocycles. The van der Waals surface area contributed by atoms with Gasteiger partial charge in [0.25, 0.3) is 11.8 Å². The average Bonchev–Trinajstić information content (AvgIpc) is 3.36. The average molecular weight is 367 g/mol. The minimum Gasteiger partial charge on any atom is -0.361 e. The van der Waals surface area contributed by atoms with Crippen molar-refractivity contribution in [1.82, 2.24) is 25.2 Å². The third-order valence-corrected chi connectivity index (χ3v) is 4.78. The molecular weight excluding hydrogens is 346 g/mol. The number of likely N-dealkylation sites (tertiary alicyclic amines) is 1. The topological polar surface area (TPSA) is 98.2 Å². The molecular formula is C19H21N5O3. The summed E-state index contributed by atoms with van der Waals surface area (Å²) in [6.07, 6.45) is 5.39. The fraction of sp³-hybridized carbons (Fsp3) is 0.421. The van der Waals surface area contributed by atoms with Crippen molar-refractivity contribution in [2.24, 2.45) is 5.92 Å². The highest BCUT2D eigenvalue weighted by Gasteiger charge is 2.26. The van der Waals surface area contributed by atoms with E-state index >= 15 is 0 Å². The zero-order chi connectivity index (χ0) is 18.6. The molecule has 1 saturated heterocycles. The van der Waals surface area contributed by atoms with Gasteiger partial charge in [0.05, 0.1) is 0 Å². The van der Waals surface area contributed by atoms with E-state index in [-0.39, 0.29) is 5.91 Å². The lowest BCUT2D eigenvalue weighted by Gasteiger charge is -2.32. The van der Waals surface area contributed by atoms with Crippen LogP contribution in [0.3, 0.4) is 0 Å². The van der Waals surface area contributed by atoms with Gasteiger partial charge in [0.2, 0.25) is 0 Å². The second-order valence-electron chi connectivity index (χ2n) is 6.85. The van der Waals surface area contributed by atoms with Gasteiger partial charge in [0.1, 0.15) is 11.5 Å². The Morgan fingerprint density at radius 2 is 2.22 bits per heavy atom. The van der Waals surface area contributed by atoms with E-state index in [0.717, 1.165) is 32.4 Å². The van der Waals surface area contributed by atoms with Crippen molar-refractivity contribution >= 4 is 5.91 Å². The molecule has 8 heteroatoms. The number of piperidine rings is 1. The molecule has 0 bridgehead atoms. The Kier molecular flexibility index (Phi) is 4.95. The number of aryl methyl sites for hydroxylation is 2. The molecule has 0 N–H and O–H groups in total. The van der Waals surface area contributed by atoms with Gasteiger partial charge < -0.3 is 13.9 Å². The summed E-state index contributed by atoms with van der Waals surface area (Å²) in [6.45, 7) is 3.26. The van der Waals surface area contributed by atoms with Gasteiger partial charge in [0, 0.05) is 31.8 Å². The highest BCUT2D eigenvalue weighted by Crippen LogP contribution is 2.23. The molecule has 3 aromatic rings. The molecule has 0 radical (unpaired) electrons. The Morgan fingerprint density at radius 1 is 1.30 bits per heavy atom. The van der Waals surface area contributed by atoms with Crippen LogP contribution in [-0.2, 0) is 6.42 Å². The van der Waals surface area contributed by atoms with E-state index in [1.807, 2.05) is 23.1 Å². The lowest BCUT2D eigenvalue weighted by atomic mass is 9.93. The van der Waals surface area contributed by atoms with Crippen LogP contribution >= 0.6 is 0 Å². The van der Waals surface area contributed by atoms with E-state index in [0.29, 0.717) is 41.2 Å². The molecule has 1 aliphatic rings. The van der Waals surface area contributed by atoms with Crippen LogP contribution in [0.5, 0.6) is 0 Å². The maximum absolute atomic E-state index is 12.5. The summed E-state index contributed by atoms with van der Waals surface area (Å²) in [4.78, 5) is 23.1. The van der Waals surface area contributed by atoms with Crippen LogP contribution in [0.1, 0.15) is 41.3 Å². The molecule has 1 amide bonds. The Bertz CT molecular complexity index is 905. The van der Waals surface area contributed by atoms with Crippen LogP contribution in [-0.4, -0.2) is 44.2 Å². The predicted octanol–water partition coefficient (Wildman–Crippen LogP) is 2.91. The zero-order valence-corrected chi connectivity index (χ0v) is 15.2. The van der Waals surface area contributed by atoms with E-state index in [1.54, 1.807) is 19.2 Å². The Morgan fingerprint density at radius 3 is 3.00 bits per heavy atom.